The van der Waals surface area contributed by atoms with Gasteiger partial charge in [0, 0.05) is 24.9 Å². The number of H-pyrrole nitrogens is 1. The molecule has 5 unspecified atom stereocenters. The monoisotopic (exact) mass is 483 g/mol. The fourth-order valence-corrected chi connectivity index (χ4v) is 2.81. The van der Waals surface area contributed by atoms with Crippen LogP contribution in [0.3, 0.4) is 0 Å². The number of aromatic nitrogens is 2. The second-order valence-electron chi connectivity index (χ2n) is 7.71. The topological polar surface area (TPSA) is 264 Å². The van der Waals surface area contributed by atoms with Gasteiger partial charge in [0.15, 0.2) is 5.96 Å². The number of nitrogens with one attached hydrogen (secondary N) is 4. The molecule has 0 saturated carbocycles. The third kappa shape index (κ3) is 9.83. The van der Waals surface area contributed by atoms with E-state index in [0.717, 1.165) is 0 Å². The number of imidazole rings is 1. The summed E-state index contributed by atoms with van der Waals surface area (Å²) in [5.41, 5.74) is 16.4. The predicted octanol–water partition coefficient (Wildman–Crippen LogP) is -3.73. The van der Waals surface area contributed by atoms with Crippen molar-refractivity contribution in [2.45, 2.75) is 63.4 Å². The van der Waals surface area contributed by atoms with Crippen LogP contribution in [0.2, 0.25) is 0 Å². The van der Waals surface area contributed by atoms with E-state index in [1.807, 2.05) is 0 Å². The molecule has 3 amide bonds. The maximum atomic E-state index is 12.9. The zero-order valence-electron chi connectivity index (χ0n) is 19.0. The van der Waals surface area contributed by atoms with Crippen molar-refractivity contribution in [2.75, 3.05) is 6.54 Å². The van der Waals surface area contributed by atoms with Crippen LogP contribution < -0.4 is 33.2 Å². The first-order valence-corrected chi connectivity index (χ1v) is 10.5. The Morgan fingerprint density at radius 3 is 2.24 bits per heavy atom. The fourth-order valence-electron chi connectivity index (χ4n) is 2.81. The summed E-state index contributed by atoms with van der Waals surface area (Å²) in [7, 11) is 0. The van der Waals surface area contributed by atoms with Crippen LogP contribution in [0.5, 0.6) is 0 Å². The Hall–Kier alpha value is -3.72. The van der Waals surface area contributed by atoms with Crippen LogP contribution in [0.1, 0.15) is 32.4 Å². The SMILES string of the molecule is CC(N)C(=O)NC(C(=O)NC(Cc1cnc[nH]1)C(=O)NC(CCCN=C(N)N)C(=O)O)C(C)O. The molecule has 1 rings (SSSR count). The highest BCUT2D eigenvalue weighted by molar-refractivity contribution is 5.94. The Morgan fingerprint density at radius 2 is 1.74 bits per heavy atom. The number of guanidine groups is 1. The van der Waals surface area contributed by atoms with Crippen molar-refractivity contribution in [1.29, 1.82) is 0 Å². The lowest BCUT2D eigenvalue weighted by molar-refractivity contribution is -0.142. The number of nitrogens with two attached hydrogens (primary N) is 3. The number of carboxylic acids is 1. The number of aliphatic hydroxyl groups is 1. The first-order chi connectivity index (χ1) is 15.9. The lowest BCUT2D eigenvalue weighted by Crippen LogP contribution is -2.60. The average Bonchev–Trinajstić information content (AvgIpc) is 3.25. The molecule has 0 saturated heterocycles. The number of nitrogens with zero attached hydrogens (tertiary/aromatic N) is 2. The summed E-state index contributed by atoms with van der Waals surface area (Å²) in [5.74, 6) is -3.75. The number of aliphatic hydroxyl groups excluding tert-OH is 1. The summed E-state index contributed by atoms with van der Waals surface area (Å²) in [5, 5.41) is 26.6. The highest BCUT2D eigenvalue weighted by Gasteiger charge is 2.32. The predicted molar refractivity (Wildman–Crippen MR) is 121 cm³/mol. The number of hydrogen-bond acceptors (Lipinski definition) is 8. The number of aliphatic imine (C=N–C) groups is 1. The number of amides is 3. The molecule has 0 aliphatic heterocycles. The van der Waals surface area contributed by atoms with E-state index >= 15 is 0 Å². The molecule has 0 radical (unpaired) electrons. The highest BCUT2D eigenvalue weighted by atomic mass is 16.4. The minimum absolute atomic E-state index is 0.0311. The van der Waals surface area contributed by atoms with Crippen molar-refractivity contribution in [3.63, 3.8) is 0 Å². The molecule has 5 atom stereocenters. The van der Waals surface area contributed by atoms with Crippen LogP contribution in [0.4, 0.5) is 0 Å². The van der Waals surface area contributed by atoms with Crippen molar-refractivity contribution in [3.8, 4) is 0 Å². The summed E-state index contributed by atoms with van der Waals surface area (Å²) in [6.07, 6.45) is 1.74. The van der Waals surface area contributed by atoms with Gasteiger partial charge in [0.25, 0.3) is 0 Å². The number of hydrogen-bond donors (Lipinski definition) is 9. The van der Waals surface area contributed by atoms with Crippen molar-refractivity contribution < 1.29 is 29.4 Å². The molecule has 0 bridgehead atoms. The van der Waals surface area contributed by atoms with Crippen LogP contribution in [0.15, 0.2) is 17.5 Å². The van der Waals surface area contributed by atoms with Gasteiger partial charge in [-0.3, -0.25) is 19.4 Å². The Kier molecular flexibility index (Phi) is 11.4. The van der Waals surface area contributed by atoms with Crippen molar-refractivity contribution in [1.82, 2.24) is 25.9 Å². The highest BCUT2D eigenvalue weighted by Crippen LogP contribution is 2.05. The molecule has 0 aliphatic carbocycles. The first kappa shape index (κ1) is 28.3. The van der Waals surface area contributed by atoms with Crippen LogP contribution in [0, 0.1) is 0 Å². The minimum Gasteiger partial charge on any atom is -0.480 e. The van der Waals surface area contributed by atoms with Gasteiger partial charge in [0.05, 0.1) is 18.5 Å². The molecule has 0 aromatic carbocycles. The van der Waals surface area contributed by atoms with Crippen LogP contribution >= 0.6 is 0 Å². The van der Waals surface area contributed by atoms with Gasteiger partial charge < -0.3 is 48.3 Å². The number of carbonyl (C=O) groups excluding carboxylic acids is 3. The molecule has 1 aromatic heterocycles. The molecule has 190 valence electrons. The van der Waals surface area contributed by atoms with Crippen molar-refractivity contribution >= 4 is 29.7 Å². The number of aliphatic carboxylic acids is 1. The second kappa shape index (κ2) is 13.7. The van der Waals surface area contributed by atoms with E-state index in [2.05, 4.69) is 30.9 Å². The number of aromatic amines is 1. The Balaban J connectivity index is 2.98. The fraction of sp³-hybridized carbons (Fsp3) is 0.579. The third-order valence-electron chi connectivity index (χ3n) is 4.65. The molecule has 1 heterocycles. The Morgan fingerprint density at radius 1 is 1.09 bits per heavy atom. The van der Waals surface area contributed by atoms with E-state index in [-0.39, 0.29) is 31.8 Å². The molecule has 0 fully saturated rings. The third-order valence-corrected chi connectivity index (χ3v) is 4.65. The lowest BCUT2D eigenvalue weighted by atomic mass is 10.1. The van der Waals surface area contributed by atoms with Gasteiger partial charge in [-0.15, -0.1) is 0 Å². The van der Waals surface area contributed by atoms with Crippen LogP contribution in [0.25, 0.3) is 0 Å². The van der Waals surface area contributed by atoms with Gasteiger partial charge in [-0.1, -0.05) is 0 Å². The summed E-state index contributed by atoms with van der Waals surface area (Å²) in [6, 6.07) is -4.85. The number of carbonyl (C=O) groups is 4. The minimum atomic E-state index is -1.40. The number of carboxylic acid groups (broad SMARTS) is 1. The molecule has 1 aromatic rings. The number of rotatable bonds is 14. The Bertz CT molecular complexity index is 852. The summed E-state index contributed by atoms with van der Waals surface area (Å²) in [4.78, 5) is 59.6. The van der Waals surface area contributed by atoms with Gasteiger partial charge in [0.1, 0.15) is 18.1 Å². The largest absolute Gasteiger partial charge is 0.480 e. The van der Waals surface area contributed by atoms with Gasteiger partial charge in [-0.25, -0.2) is 9.78 Å². The summed E-state index contributed by atoms with van der Waals surface area (Å²) in [6.45, 7) is 2.86. The van der Waals surface area contributed by atoms with Gasteiger partial charge >= 0.3 is 5.97 Å². The summed E-state index contributed by atoms with van der Waals surface area (Å²) < 4.78 is 0. The van der Waals surface area contributed by atoms with E-state index in [9.17, 15) is 29.4 Å². The lowest BCUT2D eigenvalue weighted by Gasteiger charge is -2.26. The van der Waals surface area contributed by atoms with Gasteiger partial charge in [-0.2, -0.15) is 0 Å². The van der Waals surface area contributed by atoms with E-state index in [0.29, 0.717) is 5.69 Å². The van der Waals surface area contributed by atoms with Crippen molar-refractivity contribution in [3.05, 3.63) is 18.2 Å². The molecule has 34 heavy (non-hydrogen) atoms. The summed E-state index contributed by atoms with van der Waals surface area (Å²) >= 11 is 0. The zero-order chi connectivity index (χ0) is 25.8. The quantitative estimate of drug-likeness (QED) is 0.0709. The molecule has 0 aliphatic rings. The van der Waals surface area contributed by atoms with Crippen LogP contribution in [-0.4, -0.2) is 86.6 Å². The second-order valence-corrected chi connectivity index (χ2v) is 7.71. The molecule has 12 N–H and O–H groups in total. The molecular formula is C19H33N9O6. The van der Waals surface area contributed by atoms with Crippen molar-refractivity contribution in [2.24, 2.45) is 22.2 Å². The van der Waals surface area contributed by atoms with E-state index < -0.39 is 54.0 Å². The van der Waals surface area contributed by atoms with Crippen LogP contribution in [-0.2, 0) is 25.6 Å². The standard InChI is InChI=1S/C19H33N9O6/c1-9(20)15(30)28-14(10(2)29)17(32)27-13(6-11-7-23-8-25-11)16(31)26-12(18(33)34)4-3-5-24-19(21)22/h7-10,12-14,29H,3-6,20H2,1-2H3,(H,23,25)(H,26,31)(H,27,32)(H,28,30)(H,33,34)(H4,21,22,24). The van der Waals surface area contributed by atoms with Gasteiger partial charge in [-0.05, 0) is 26.7 Å². The maximum Gasteiger partial charge on any atom is 0.326 e. The molecular weight excluding hydrogens is 450 g/mol. The molecule has 15 heteroatoms. The van der Waals surface area contributed by atoms with E-state index in [1.165, 1.54) is 26.4 Å². The van der Waals surface area contributed by atoms with Gasteiger partial charge in [0.2, 0.25) is 17.7 Å². The van der Waals surface area contributed by atoms with E-state index in [4.69, 9.17) is 17.2 Å². The normalized spacial score (nSPS) is 15.2. The molecule has 15 nitrogen and oxygen atoms in total. The average molecular weight is 484 g/mol. The zero-order valence-corrected chi connectivity index (χ0v) is 19.0. The first-order valence-electron chi connectivity index (χ1n) is 10.5. The smallest absolute Gasteiger partial charge is 0.326 e. The Labute approximate surface area is 195 Å². The maximum absolute atomic E-state index is 12.9. The molecule has 0 spiro atoms. The van der Waals surface area contributed by atoms with E-state index in [1.54, 1.807) is 0 Å².